The lowest BCUT2D eigenvalue weighted by Gasteiger charge is -2.46. The molecule has 25 nitrogen and oxygen atoms in total. The molecule has 0 saturated carbocycles. The summed E-state index contributed by atoms with van der Waals surface area (Å²) in [5, 5.41) is 105. The lowest BCUT2D eigenvalue weighted by Crippen LogP contribution is -2.65. The molecule has 55 heavy (non-hydrogen) atoms. The molecule has 4 aliphatic heterocycles. The second-order valence-corrected chi connectivity index (χ2v) is 12.7. The number of ether oxygens (including phenoxy) is 8. The van der Waals surface area contributed by atoms with Gasteiger partial charge in [0.15, 0.2) is 18.9 Å². The van der Waals surface area contributed by atoms with E-state index in [2.05, 4.69) is 10.2 Å². The number of nitrogens with zero attached hydrogens (tertiary/aromatic N) is 1. The quantitative estimate of drug-likeness (QED) is 0.0426. The second-order valence-electron chi connectivity index (χ2n) is 12.7. The van der Waals surface area contributed by atoms with Gasteiger partial charge >= 0.3 is 5.97 Å². The van der Waals surface area contributed by atoms with Crippen LogP contribution in [-0.4, -0.2) is 231 Å². The Kier molecular flexibility index (Phi) is 17.4. The zero-order valence-electron chi connectivity index (χ0n) is 29.2. The fourth-order valence-corrected chi connectivity index (χ4v) is 5.71. The molecule has 316 valence electrons. The highest BCUT2D eigenvalue weighted by molar-refractivity contribution is 6.01. The van der Waals surface area contributed by atoms with Crippen molar-refractivity contribution in [1.82, 2.24) is 10.4 Å². The van der Waals surface area contributed by atoms with Gasteiger partial charge in [-0.15, -0.1) is 5.06 Å². The number of hydroxylamine groups is 2. The molecular formula is C30H48N2O23. The molecule has 4 heterocycles. The highest BCUT2D eigenvalue weighted by atomic mass is 16.8. The molecule has 11 N–H and O–H groups in total. The Balaban J connectivity index is 1.26. The van der Waals surface area contributed by atoms with Crippen LogP contribution in [0, 0.1) is 0 Å². The molecule has 0 aromatic heterocycles. The summed E-state index contributed by atoms with van der Waals surface area (Å²) in [6, 6.07) is 0. The van der Waals surface area contributed by atoms with Crippen LogP contribution < -0.4 is 5.32 Å². The summed E-state index contributed by atoms with van der Waals surface area (Å²) in [6.07, 6.45) is -25.8. The van der Waals surface area contributed by atoms with Crippen molar-refractivity contribution >= 4 is 23.7 Å². The van der Waals surface area contributed by atoms with Gasteiger partial charge in [0.1, 0.15) is 86.5 Å². The second kappa shape index (κ2) is 21.2. The Bertz CT molecular complexity index is 1250. The SMILES string of the molecule is O=C(COCCOCC(=O)ON1C(=O)CCC1=O)NCCO[C@H]1O[C@H](COC2O[C@H](CO)[C@@H](O)[C@H](O)[C@@H]2O)[C@@H](O)[C@H](O[C@H]2O[C@H](CO)[C@@H](O)[C@H](O)[C@@H]2O)[C@@H]1O. The predicted octanol–water partition coefficient (Wildman–Crippen LogP) is -8.79. The highest BCUT2D eigenvalue weighted by Gasteiger charge is 2.52. The topological polar surface area (TPSA) is 369 Å². The van der Waals surface area contributed by atoms with Gasteiger partial charge < -0.3 is 99.1 Å². The molecule has 4 rings (SSSR count). The van der Waals surface area contributed by atoms with Gasteiger partial charge in [0.25, 0.3) is 11.8 Å². The van der Waals surface area contributed by atoms with Crippen LogP contribution in [0.1, 0.15) is 12.8 Å². The van der Waals surface area contributed by atoms with E-state index in [0.29, 0.717) is 5.06 Å². The van der Waals surface area contributed by atoms with E-state index in [4.69, 9.17) is 37.9 Å². The van der Waals surface area contributed by atoms with E-state index in [1.807, 2.05) is 0 Å². The number of nitrogens with one attached hydrogen (secondary N) is 1. The Hall–Kier alpha value is -2.64. The van der Waals surface area contributed by atoms with Gasteiger partial charge in [0.2, 0.25) is 5.91 Å². The van der Waals surface area contributed by atoms with Crippen LogP contribution in [-0.2, 0) is 61.9 Å². The largest absolute Gasteiger partial charge is 0.394 e. The molecule has 3 amide bonds. The highest BCUT2D eigenvalue weighted by Crippen LogP contribution is 2.31. The molecule has 4 aliphatic rings. The van der Waals surface area contributed by atoms with Gasteiger partial charge in [-0.3, -0.25) is 14.4 Å². The average Bonchev–Trinajstić information content (AvgIpc) is 3.48. The first kappa shape index (κ1) is 45.1. The third kappa shape index (κ3) is 11.7. The van der Waals surface area contributed by atoms with E-state index in [1.54, 1.807) is 0 Å². The summed E-state index contributed by atoms with van der Waals surface area (Å²) in [6.45, 7) is -4.07. The van der Waals surface area contributed by atoms with Crippen LogP contribution in [0.4, 0.5) is 0 Å². The Morgan fingerprint density at radius 1 is 0.636 bits per heavy atom. The maximum absolute atomic E-state index is 12.2. The predicted molar refractivity (Wildman–Crippen MR) is 167 cm³/mol. The van der Waals surface area contributed by atoms with Crippen LogP contribution in [0.25, 0.3) is 0 Å². The molecule has 1 unspecified atom stereocenters. The number of amides is 3. The first-order valence-electron chi connectivity index (χ1n) is 17.2. The molecule has 0 aliphatic carbocycles. The van der Waals surface area contributed by atoms with E-state index in [1.165, 1.54) is 0 Å². The number of aliphatic hydroxyl groups is 10. The van der Waals surface area contributed by atoms with Crippen LogP contribution in [0.15, 0.2) is 0 Å². The molecular weight excluding hydrogens is 756 g/mol. The standard InChI is InChI=1S/C30H48N2O23/c33-7-12-19(39)22(42)24(44)28(51-12)50-9-14-21(41)27(54-30-25(45)23(43)20(40)13(8-34)52-30)26(46)29(53-14)49-4-3-31-15(35)10-47-5-6-48-11-18(38)55-32-16(36)1-2-17(32)37/h12-14,19-30,33-34,39-46H,1-11H2,(H,31,35)/t12-,13-,14-,19-,20-,21-,22+,23+,24+,25+,26+,27+,28?,29+,30-/m1/s1. The molecule has 0 radical (unpaired) electrons. The van der Waals surface area contributed by atoms with Gasteiger partial charge in [-0.05, 0) is 0 Å². The van der Waals surface area contributed by atoms with Gasteiger partial charge in [-0.25, -0.2) is 4.79 Å². The first-order chi connectivity index (χ1) is 26.2. The molecule has 0 bridgehead atoms. The van der Waals surface area contributed by atoms with E-state index >= 15 is 0 Å². The van der Waals surface area contributed by atoms with Gasteiger partial charge in [0, 0.05) is 19.4 Å². The Morgan fingerprint density at radius 2 is 1.16 bits per heavy atom. The van der Waals surface area contributed by atoms with Gasteiger partial charge in [0.05, 0.1) is 39.6 Å². The minimum atomic E-state index is -1.93. The van der Waals surface area contributed by atoms with Crippen molar-refractivity contribution in [2.75, 3.05) is 59.4 Å². The molecule has 4 fully saturated rings. The zero-order chi connectivity index (χ0) is 40.4. The molecule has 4 saturated heterocycles. The number of carbonyl (C=O) groups is 4. The van der Waals surface area contributed by atoms with Crippen molar-refractivity contribution in [2.24, 2.45) is 0 Å². The van der Waals surface area contributed by atoms with Crippen LogP contribution in [0.5, 0.6) is 0 Å². The van der Waals surface area contributed by atoms with Crippen LogP contribution in [0.3, 0.4) is 0 Å². The average molecular weight is 805 g/mol. The lowest BCUT2D eigenvalue weighted by molar-refractivity contribution is -0.366. The Morgan fingerprint density at radius 3 is 1.76 bits per heavy atom. The van der Waals surface area contributed by atoms with Crippen molar-refractivity contribution < 1.29 is 113 Å². The van der Waals surface area contributed by atoms with Crippen molar-refractivity contribution in [3.8, 4) is 0 Å². The summed E-state index contributed by atoms with van der Waals surface area (Å²) in [7, 11) is 0. The molecule has 0 aromatic rings. The zero-order valence-corrected chi connectivity index (χ0v) is 29.2. The summed E-state index contributed by atoms with van der Waals surface area (Å²) in [5.41, 5.74) is 0. The molecule has 0 aromatic carbocycles. The van der Waals surface area contributed by atoms with Gasteiger partial charge in [-0.2, -0.15) is 0 Å². The minimum absolute atomic E-state index is 0.0631. The van der Waals surface area contributed by atoms with E-state index in [9.17, 15) is 70.2 Å². The molecule has 15 atom stereocenters. The van der Waals surface area contributed by atoms with Crippen LogP contribution in [0.2, 0.25) is 0 Å². The lowest BCUT2D eigenvalue weighted by atomic mass is 9.96. The summed E-state index contributed by atoms with van der Waals surface area (Å²) in [5.74, 6) is -2.90. The van der Waals surface area contributed by atoms with Crippen molar-refractivity contribution in [3.63, 3.8) is 0 Å². The summed E-state index contributed by atoms with van der Waals surface area (Å²) >= 11 is 0. The maximum Gasteiger partial charge on any atom is 0.358 e. The minimum Gasteiger partial charge on any atom is -0.394 e. The third-order valence-corrected chi connectivity index (χ3v) is 8.79. The summed E-state index contributed by atoms with van der Waals surface area (Å²) in [4.78, 5) is 51.5. The van der Waals surface area contributed by atoms with Crippen molar-refractivity contribution in [1.29, 1.82) is 0 Å². The molecule has 25 heteroatoms. The monoisotopic (exact) mass is 804 g/mol. The fourth-order valence-electron chi connectivity index (χ4n) is 5.71. The number of imide groups is 1. The maximum atomic E-state index is 12.2. The number of aliphatic hydroxyl groups excluding tert-OH is 10. The third-order valence-electron chi connectivity index (χ3n) is 8.79. The fraction of sp³-hybridized carbons (Fsp3) is 0.867. The normalized spacial score (nSPS) is 38.3. The molecule has 0 spiro atoms. The first-order valence-corrected chi connectivity index (χ1v) is 17.2. The number of carbonyl (C=O) groups excluding carboxylic acids is 4. The van der Waals surface area contributed by atoms with Crippen molar-refractivity contribution in [2.45, 2.75) is 105 Å². The van der Waals surface area contributed by atoms with Crippen molar-refractivity contribution in [3.05, 3.63) is 0 Å². The smallest absolute Gasteiger partial charge is 0.358 e. The van der Waals surface area contributed by atoms with E-state index in [0.717, 1.165) is 0 Å². The van der Waals surface area contributed by atoms with Crippen LogP contribution >= 0.6 is 0 Å². The number of hydrogen-bond donors (Lipinski definition) is 11. The van der Waals surface area contributed by atoms with E-state index in [-0.39, 0.29) is 39.2 Å². The number of hydrogen-bond acceptors (Lipinski definition) is 23. The summed E-state index contributed by atoms with van der Waals surface area (Å²) < 4.78 is 43.1. The van der Waals surface area contributed by atoms with Gasteiger partial charge in [-0.1, -0.05) is 0 Å². The van der Waals surface area contributed by atoms with E-state index < -0.39 is 149 Å². The Labute approximate surface area is 311 Å². The number of rotatable bonds is 19.